The summed E-state index contributed by atoms with van der Waals surface area (Å²) >= 11 is 0. The molecule has 0 saturated heterocycles. The maximum atomic E-state index is 14.6. The number of hydrogen-bond donors (Lipinski definition) is 1. The lowest BCUT2D eigenvalue weighted by Gasteiger charge is -2.34. The number of rotatable bonds is 14. The molecular weight excluding hydrogens is 598 g/mol. The number of carbonyl (C=O) groups excluding carboxylic acids is 2. The SMILES string of the molecule is CC[C@H](C)NC(=O)[C@H](Cc1ccccc1)N(Cc1ccccc1C)C(=O)CN(c1cccc(OC)c1)S(=O)(=O)c1ccc(C)cc1. The fourth-order valence-electron chi connectivity index (χ4n) is 5.10. The number of sulfonamides is 1. The summed E-state index contributed by atoms with van der Waals surface area (Å²) in [5.41, 5.74) is 3.88. The molecule has 9 heteroatoms. The Kier molecular flexibility index (Phi) is 11.6. The van der Waals surface area contributed by atoms with Crippen molar-refractivity contribution in [1.82, 2.24) is 10.2 Å². The van der Waals surface area contributed by atoms with Gasteiger partial charge in [0.2, 0.25) is 11.8 Å². The lowest BCUT2D eigenvalue weighted by molar-refractivity contribution is -0.140. The quantitative estimate of drug-likeness (QED) is 0.181. The summed E-state index contributed by atoms with van der Waals surface area (Å²) in [5, 5.41) is 3.07. The number of benzene rings is 4. The lowest BCUT2D eigenvalue weighted by atomic mass is 10.0. The van der Waals surface area contributed by atoms with Gasteiger partial charge < -0.3 is 15.0 Å². The van der Waals surface area contributed by atoms with Crippen molar-refractivity contribution in [1.29, 1.82) is 0 Å². The zero-order chi connectivity index (χ0) is 33.3. The Morgan fingerprint density at radius 2 is 1.54 bits per heavy atom. The molecule has 0 radical (unpaired) electrons. The summed E-state index contributed by atoms with van der Waals surface area (Å²) in [5.74, 6) is -0.364. The van der Waals surface area contributed by atoms with Gasteiger partial charge in [0.25, 0.3) is 10.0 Å². The molecular formula is C37H43N3O5S. The van der Waals surface area contributed by atoms with E-state index < -0.39 is 28.5 Å². The number of amides is 2. The summed E-state index contributed by atoms with van der Waals surface area (Å²) in [6.45, 7) is 7.32. The Morgan fingerprint density at radius 3 is 2.20 bits per heavy atom. The van der Waals surface area contributed by atoms with E-state index in [0.717, 1.165) is 26.6 Å². The van der Waals surface area contributed by atoms with E-state index in [1.54, 1.807) is 36.4 Å². The highest BCUT2D eigenvalue weighted by molar-refractivity contribution is 7.92. The van der Waals surface area contributed by atoms with Crippen molar-refractivity contribution in [3.05, 3.63) is 125 Å². The molecule has 4 aromatic carbocycles. The van der Waals surface area contributed by atoms with E-state index >= 15 is 0 Å². The second-order valence-corrected chi connectivity index (χ2v) is 13.4. The van der Waals surface area contributed by atoms with Gasteiger partial charge in [-0.25, -0.2) is 8.42 Å². The number of nitrogens with zero attached hydrogens (tertiary/aromatic N) is 2. The largest absolute Gasteiger partial charge is 0.497 e. The Balaban J connectivity index is 1.83. The average molecular weight is 642 g/mol. The molecule has 4 rings (SSSR count). The predicted octanol–water partition coefficient (Wildman–Crippen LogP) is 6.06. The van der Waals surface area contributed by atoms with Crippen LogP contribution in [0.4, 0.5) is 5.69 Å². The van der Waals surface area contributed by atoms with Crippen LogP contribution in [0.1, 0.15) is 42.5 Å². The molecule has 242 valence electrons. The number of ether oxygens (including phenoxy) is 1. The van der Waals surface area contributed by atoms with Gasteiger partial charge in [-0.2, -0.15) is 0 Å². The summed E-state index contributed by atoms with van der Waals surface area (Å²) in [6.07, 6.45) is 0.971. The molecule has 0 fully saturated rings. The van der Waals surface area contributed by atoms with Crippen molar-refractivity contribution < 1.29 is 22.7 Å². The van der Waals surface area contributed by atoms with E-state index in [1.807, 2.05) is 82.3 Å². The first-order chi connectivity index (χ1) is 22.0. The van der Waals surface area contributed by atoms with Gasteiger partial charge in [-0.05, 0) is 68.1 Å². The van der Waals surface area contributed by atoms with Crippen LogP contribution in [0.2, 0.25) is 0 Å². The van der Waals surface area contributed by atoms with Crippen molar-refractivity contribution in [2.75, 3.05) is 18.0 Å². The van der Waals surface area contributed by atoms with Gasteiger partial charge in [-0.15, -0.1) is 0 Å². The van der Waals surface area contributed by atoms with Crippen LogP contribution >= 0.6 is 0 Å². The van der Waals surface area contributed by atoms with Gasteiger partial charge in [0.05, 0.1) is 17.7 Å². The van der Waals surface area contributed by atoms with Crippen LogP contribution in [-0.4, -0.2) is 50.9 Å². The number of hydrogen-bond acceptors (Lipinski definition) is 5. The van der Waals surface area contributed by atoms with Crippen LogP contribution in [0, 0.1) is 13.8 Å². The van der Waals surface area contributed by atoms with Gasteiger partial charge >= 0.3 is 0 Å². The van der Waals surface area contributed by atoms with Crippen molar-refractivity contribution in [2.45, 2.75) is 64.1 Å². The van der Waals surface area contributed by atoms with E-state index in [1.165, 1.54) is 24.1 Å². The van der Waals surface area contributed by atoms with Crippen LogP contribution in [0.5, 0.6) is 5.75 Å². The zero-order valence-electron chi connectivity index (χ0n) is 27.1. The average Bonchev–Trinajstić information content (AvgIpc) is 3.06. The van der Waals surface area contributed by atoms with Gasteiger partial charge in [0.15, 0.2) is 0 Å². The molecule has 0 aliphatic rings. The lowest BCUT2D eigenvalue weighted by Crippen LogP contribution is -2.54. The molecule has 2 amide bonds. The number of nitrogens with one attached hydrogen (secondary N) is 1. The van der Waals surface area contributed by atoms with Crippen molar-refractivity contribution >= 4 is 27.5 Å². The molecule has 0 unspecified atom stereocenters. The van der Waals surface area contributed by atoms with Crippen LogP contribution in [0.3, 0.4) is 0 Å². The number of anilines is 1. The van der Waals surface area contributed by atoms with E-state index in [0.29, 0.717) is 12.2 Å². The first-order valence-electron chi connectivity index (χ1n) is 15.4. The molecule has 0 spiro atoms. The first-order valence-corrected chi connectivity index (χ1v) is 16.9. The highest BCUT2D eigenvalue weighted by Crippen LogP contribution is 2.28. The van der Waals surface area contributed by atoms with Gasteiger partial charge in [-0.1, -0.05) is 85.3 Å². The van der Waals surface area contributed by atoms with Crippen molar-refractivity contribution in [3.8, 4) is 5.75 Å². The first kappa shape index (κ1) is 34.2. The van der Waals surface area contributed by atoms with E-state index in [4.69, 9.17) is 4.74 Å². The molecule has 0 heterocycles. The smallest absolute Gasteiger partial charge is 0.264 e. The van der Waals surface area contributed by atoms with Gasteiger partial charge in [0.1, 0.15) is 18.3 Å². The number of methoxy groups -OCH3 is 1. The maximum Gasteiger partial charge on any atom is 0.264 e. The van der Waals surface area contributed by atoms with Crippen LogP contribution in [-0.2, 0) is 32.6 Å². The van der Waals surface area contributed by atoms with Crippen LogP contribution < -0.4 is 14.4 Å². The highest BCUT2D eigenvalue weighted by atomic mass is 32.2. The second kappa shape index (κ2) is 15.6. The van der Waals surface area contributed by atoms with Crippen molar-refractivity contribution in [3.63, 3.8) is 0 Å². The number of aryl methyl sites for hydroxylation is 2. The molecule has 0 saturated carbocycles. The van der Waals surface area contributed by atoms with E-state index in [-0.39, 0.29) is 35.5 Å². The fourth-order valence-corrected chi connectivity index (χ4v) is 6.50. The minimum atomic E-state index is -4.20. The summed E-state index contributed by atoms with van der Waals surface area (Å²) < 4.78 is 35.0. The van der Waals surface area contributed by atoms with Gasteiger partial charge in [0, 0.05) is 25.1 Å². The van der Waals surface area contributed by atoms with Gasteiger partial charge in [-0.3, -0.25) is 13.9 Å². The topological polar surface area (TPSA) is 96.0 Å². The Hall–Kier alpha value is -4.63. The number of carbonyl (C=O) groups is 2. The summed E-state index contributed by atoms with van der Waals surface area (Å²) in [6, 6.07) is 29.3. The predicted molar refractivity (Wildman–Crippen MR) is 182 cm³/mol. The molecule has 0 aliphatic carbocycles. The molecule has 1 N–H and O–H groups in total. The maximum absolute atomic E-state index is 14.6. The minimum absolute atomic E-state index is 0.0505. The van der Waals surface area contributed by atoms with E-state index in [2.05, 4.69) is 5.32 Å². The third-order valence-corrected chi connectivity index (χ3v) is 9.89. The Bertz CT molecular complexity index is 1730. The molecule has 0 bridgehead atoms. The molecule has 46 heavy (non-hydrogen) atoms. The summed E-state index contributed by atoms with van der Waals surface area (Å²) in [7, 11) is -2.71. The second-order valence-electron chi connectivity index (χ2n) is 11.5. The minimum Gasteiger partial charge on any atom is -0.497 e. The van der Waals surface area contributed by atoms with Crippen LogP contribution in [0.25, 0.3) is 0 Å². The van der Waals surface area contributed by atoms with Crippen molar-refractivity contribution in [2.24, 2.45) is 0 Å². The Labute approximate surface area is 273 Å². The zero-order valence-corrected chi connectivity index (χ0v) is 28.0. The van der Waals surface area contributed by atoms with Crippen LogP contribution in [0.15, 0.2) is 108 Å². The monoisotopic (exact) mass is 641 g/mol. The third-order valence-electron chi connectivity index (χ3n) is 8.10. The van der Waals surface area contributed by atoms with E-state index in [9.17, 15) is 18.0 Å². The molecule has 0 aliphatic heterocycles. The fraction of sp³-hybridized carbons (Fsp3) is 0.297. The normalized spacial score (nSPS) is 12.5. The third kappa shape index (κ3) is 8.54. The standard InChI is InChI=1S/C37H43N3O5S/c1-6-29(4)38-37(42)35(23-30-14-8-7-9-15-30)39(25-31-16-11-10-13-28(31)3)36(41)26-40(32-17-12-18-33(24-32)45-5)46(43,44)34-21-19-27(2)20-22-34/h7-22,24,29,35H,6,23,25-26H2,1-5H3,(H,38,42)/t29-,35-/m0/s1. The molecule has 8 nitrogen and oxygen atoms in total. The molecule has 4 aromatic rings. The summed E-state index contributed by atoms with van der Waals surface area (Å²) in [4.78, 5) is 30.2. The highest BCUT2D eigenvalue weighted by Gasteiger charge is 2.35. The molecule has 0 aromatic heterocycles. The molecule has 2 atom stereocenters. The Morgan fingerprint density at radius 1 is 0.870 bits per heavy atom.